The minimum atomic E-state index is -4.14. The van der Waals surface area contributed by atoms with E-state index < -0.39 is 15.9 Å². The summed E-state index contributed by atoms with van der Waals surface area (Å²) in [7, 11) is -4.14. The summed E-state index contributed by atoms with van der Waals surface area (Å²) in [5.74, 6) is -0.158. The van der Waals surface area contributed by atoms with Gasteiger partial charge >= 0.3 is 0 Å². The maximum atomic E-state index is 10.9. The molecule has 2 aromatic rings. The topological polar surface area (TPSA) is 187 Å². The Morgan fingerprint density at radius 1 is 1.07 bits per heavy atom. The van der Waals surface area contributed by atoms with E-state index in [0.29, 0.717) is 11.4 Å². The fraction of sp³-hybridized carbons (Fsp3) is 0.400. The number of nitrogens with one attached hydrogen (secondary N) is 2. The van der Waals surface area contributed by atoms with Crippen molar-refractivity contribution in [2.75, 3.05) is 59.9 Å². The Bertz CT molecular complexity index is 875. The molecule has 0 radical (unpaired) electrons. The van der Waals surface area contributed by atoms with E-state index in [1.807, 2.05) is 0 Å². The Morgan fingerprint density at radius 3 is 2.36 bits per heavy atom. The lowest BCUT2D eigenvalue weighted by atomic mass is 10.3. The molecule has 1 aromatic carbocycles. The van der Waals surface area contributed by atoms with Crippen molar-refractivity contribution in [1.82, 2.24) is 15.0 Å². The van der Waals surface area contributed by atoms with Gasteiger partial charge in [-0.3, -0.25) is 4.55 Å². The number of nitrogens with two attached hydrogens (primary N) is 1. The highest BCUT2D eigenvalue weighted by Gasteiger charge is 2.14. The molecule has 154 valence electrons. The summed E-state index contributed by atoms with van der Waals surface area (Å²) in [5, 5.41) is 24.1. The van der Waals surface area contributed by atoms with Crippen molar-refractivity contribution in [2.24, 2.45) is 0 Å². The lowest BCUT2D eigenvalue weighted by Gasteiger charge is -2.21. The summed E-state index contributed by atoms with van der Waals surface area (Å²) in [6.07, 6.45) is 0. The van der Waals surface area contributed by atoms with Crippen LogP contribution in [0.2, 0.25) is 0 Å². The van der Waals surface area contributed by atoms with Gasteiger partial charge in [-0.15, -0.1) is 0 Å². The number of rotatable bonds is 11. The lowest BCUT2D eigenvalue weighted by molar-refractivity contribution is 0.280. The predicted octanol–water partition coefficient (Wildman–Crippen LogP) is -0.712. The zero-order chi connectivity index (χ0) is 20.6. The molecule has 0 aliphatic heterocycles. The maximum Gasteiger partial charge on any atom is 0.266 e. The third-order valence-corrected chi connectivity index (χ3v) is 4.15. The number of aliphatic hydroxyl groups excluding tert-OH is 2. The Kier molecular flexibility index (Phi) is 7.69. The summed E-state index contributed by atoms with van der Waals surface area (Å²) < 4.78 is 30.6. The predicted molar refractivity (Wildman–Crippen MR) is 105 cm³/mol. The van der Waals surface area contributed by atoms with Crippen LogP contribution in [0.1, 0.15) is 0 Å². The molecule has 2 rings (SSSR count). The number of anilines is 5. The van der Waals surface area contributed by atoms with Crippen molar-refractivity contribution in [3.8, 4) is 0 Å². The first-order chi connectivity index (χ1) is 13.3. The molecule has 1 aromatic heterocycles. The first kappa shape index (κ1) is 21.6. The monoisotopic (exact) mass is 413 g/mol. The molecule has 12 nitrogen and oxygen atoms in total. The van der Waals surface area contributed by atoms with Gasteiger partial charge in [-0.05, 0) is 18.2 Å². The third-order valence-electron chi connectivity index (χ3n) is 3.43. The smallest absolute Gasteiger partial charge is 0.266 e. The van der Waals surface area contributed by atoms with Crippen LogP contribution < -0.4 is 21.3 Å². The van der Waals surface area contributed by atoms with E-state index in [1.54, 1.807) is 29.2 Å². The van der Waals surface area contributed by atoms with Crippen molar-refractivity contribution in [2.45, 2.75) is 0 Å². The normalized spacial score (nSPS) is 11.2. The molecular weight excluding hydrogens is 390 g/mol. The van der Waals surface area contributed by atoms with E-state index in [2.05, 4.69) is 25.6 Å². The molecule has 13 heteroatoms. The average Bonchev–Trinajstić information content (AvgIpc) is 2.60. The Balaban J connectivity index is 2.30. The van der Waals surface area contributed by atoms with Crippen molar-refractivity contribution >= 4 is 39.3 Å². The maximum absolute atomic E-state index is 10.9. The van der Waals surface area contributed by atoms with Gasteiger partial charge < -0.3 is 31.5 Å². The third kappa shape index (κ3) is 7.11. The molecule has 0 saturated heterocycles. The van der Waals surface area contributed by atoms with Crippen LogP contribution in [0.25, 0.3) is 0 Å². The van der Waals surface area contributed by atoms with Gasteiger partial charge in [0.1, 0.15) is 0 Å². The standard InChI is InChI=1S/C15H23N7O5S/c16-11-2-1-3-12(10-11)18-14-19-13(17-4-9-28(25,26)27)20-15(21-14)22(5-7-23)6-8-24/h1-3,10,23-24H,4-9,16H2,(H,25,26,27)(H2,17,18,19,20,21). The van der Waals surface area contributed by atoms with Crippen molar-refractivity contribution < 1.29 is 23.2 Å². The number of nitrogen functional groups attached to an aromatic ring is 1. The second-order valence-corrected chi connectivity index (χ2v) is 7.25. The van der Waals surface area contributed by atoms with Gasteiger partial charge in [0.25, 0.3) is 10.1 Å². The van der Waals surface area contributed by atoms with Gasteiger partial charge in [-0.25, -0.2) is 0 Å². The first-order valence-electron chi connectivity index (χ1n) is 8.35. The van der Waals surface area contributed by atoms with E-state index in [9.17, 15) is 18.6 Å². The number of hydrogen-bond acceptors (Lipinski definition) is 11. The van der Waals surface area contributed by atoms with Gasteiger partial charge in [-0.2, -0.15) is 23.4 Å². The number of hydrogen-bond donors (Lipinski definition) is 6. The zero-order valence-electron chi connectivity index (χ0n) is 15.0. The van der Waals surface area contributed by atoms with Crippen molar-refractivity contribution in [3.05, 3.63) is 24.3 Å². The molecule has 0 saturated carbocycles. The average molecular weight is 413 g/mol. The summed E-state index contributed by atoms with van der Waals surface area (Å²) in [5.41, 5.74) is 6.91. The Hall–Kier alpha value is -2.74. The molecule has 7 N–H and O–H groups in total. The highest BCUT2D eigenvalue weighted by molar-refractivity contribution is 7.85. The second kappa shape index (κ2) is 9.98. The summed E-state index contributed by atoms with van der Waals surface area (Å²) in [6, 6.07) is 6.89. The van der Waals surface area contributed by atoms with Gasteiger partial charge in [0, 0.05) is 31.0 Å². The van der Waals surface area contributed by atoms with Gasteiger partial charge in [0.05, 0.1) is 19.0 Å². The minimum absolute atomic E-state index is 0.0564. The summed E-state index contributed by atoms with van der Waals surface area (Å²) >= 11 is 0. The number of aliphatic hydroxyl groups is 2. The molecule has 0 aliphatic rings. The zero-order valence-corrected chi connectivity index (χ0v) is 15.8. The lowest BCUT2D eigenvalue weighted by Crippen LogP contribution is -2.32. The summed E-state index contributed by atoms with van der Waals surface area (Å²) in [6.45, 7) is -0.149. The van der Waals surface area contributed by atoms with Gasteiger partial charge in [0.15, 0.2) is 0 Å². The van der Waals surface area contributed by atoms with Crippen LogP contribution >= 0.6 is 0 Å². The Morgan fingerprint density at radius 2 is 1.75 bits per heavy atom. The molecule has 28 heavy (non-hydrogen) atoms. The molecule has 0 spiro atoms. The second-order valence-electron chi connectivity index (χ2n) is 5.68. The van der Waals surface area contributed by atoms with Crippen molar-refractivity contribution in [3.63, 3.8) is 0 Å². The van der Waals surface area contributed by atoms with Crippen LogP contribution in [0.5, 0.6) is 0 Å². The molecular formula is C15H23N7O5S. The molecule has 0 fully saturated rings. The van der Waals surface area contributed by atoms with E-state index in [0.717, 1.165) is 0 Å². The van der Waals surface area contributed by atoms with Crippen LogP contribution in [0, 0.1) is 0 Å². The minimum Gasteiger partial charge on any atom is -0.399 e. The van der Waals surface area contributed by atoms with E-state index in [-0.39, 0.29) is 50.7 Å². The number of nitrogens with zero attached hydrogens (tertiary/aromatic N) is 4. The Labute approximate surface area is 162 Å². The summed E-state index contributed by atoms with van der Waals surface area (Å²) in [4.78, 5) is 14.2. The molecule has 0 atom stereocenters. The first-order valence-corrected chi connectivity index (χ1v) is 9.96. The van der Waals surface area contributed by atoms with E-state index in [4.69, 9.17) is 10.3 Å². The van der Waals surface area contributed by atoms with Crippen LogP contribution in [-0.4, -0.2) is 76.7 Å². The van der Waals surface area contributed by atoms with Gasteiger partial charge in [-0.1, -0.05) is 6.07 Å². The van der Waals surface area contributed by atoms with Crippen molar-refractivity contribution in [1.29, 1.82) is 0 Å². The van der Waals surface area contributed by atoms with Crippen LogP contribution in [0.15, 0.2) is 24.3 Å². The highest BCUT2D eigenvalue weighted by atomic mass is 32.2. The highest BCUT2D eigenvalue weighted by Crippen LogP contribution is 2.19. The van der Waals surface area contributed by atoms with E-state index in [1.165, 1.54) is 0 Å². The molecule has 0 amide bonds. The molecule has 0 aliphatic carbocycles. The molecule has 0 unspecified atom stereocenters. The van der Waals surface area contributed by atoms with Gasteiger partial charge in [0.2, 0.25) is 17.8 Å². The molecule has 0 bridgehead atoms. The SMILES string of the molecule is Nc1cccc(Nc2nc(NCCS(=O)(=O)O)nc(N(CCO)CCO)n2)c1. The van der Waals surface area contributed by atoms with E-state index >= 15 is 0 Å². The van der Waals surface area contributed by atoms with Crippen LogP contribution in [0.4, 0.5) is 29.2 Å². The number of aromatic nitrogens is 3. The van der Waals surface area contributed by atoms with Crippen LogP contribution in [0.3, 0.4) is 0 Å². The largest absolute Gasteiger partial charge is 0.399 e. The fourth-order valence-corrected chi connectivity index (χ4v) is 2.59. The fourth-order valence-electron chi connectivity index (χ4n) is 2.23. The number of benzene rings is 1. The van der Waals surface area contributed by atoms with Crippen LogP contribution in [-0.2, 0) is 10.1 Å². The molecule has 1 heterocycles. The quantitative estimate of drug-likeness (QED) is 0.201.